The second-order valence-electron chi connectivity index (χ2n) is 6.59. The average Bonchev–Trinajstić information content (AvgIpc) is 2.74. The number of fused-ring (bicyclic) bond motifs is 1. The third-order valence-electron chi connectivity index (χ3n) is 4.71. The lowest BCUT2D eigenvalue weighted by molar-refractivity contribution is 0.281. The number of hydrogen-bond acceptors (Lipinski definition) is 3. The minimum Gasteiger partial charge on any atom is -0.490 e. The molecule has 21 heavy (non-hydrogen) atoms. The summed E-state index contributed by atoms with van der Waals surface area (Å²) in [6.07, 6.45) is 6.53. The van der Waals surface area contributed by atoms with Gasteiger partial charge in [0.1, 0.15) is 0 Å². The second-order valence-corrected chi connectivity index (χ2v) is 6.59. The van der Waals surface area contributed by atoms with Gasteiger partial charge in [0.05, 0.1) is 13.2 Å². The lowest BCUT2D eigenvalue weighted by atomic mass is 9.83. The Labute approximate surface area is 128 Å². The Morgan fingerprint density at radius 2 is 1.81 bits per heavy atom. The van der Waals surface area contributed by atoms with Gasteiger partial charge in [-0.3, -0.25) is 0 Å². The maximum Gasteiger partial charge on any atom is 0.161 e. The number of rotatable bonds is 4. The highest BCUT2D eigenvalue weighted by atomic mass is 16.5. The van der Waals surface area contributed by atoms with Crippen LogP contribution in [0.4, 0.5) is 0 Å². The molecule has 3 heteroatoms. The average molecular weight is 289 g/mol. The lowest BCUT2D eigenvalue weighted by Gasteiger charge is -2.26. The van der Waals surface area contributed by atoms with E-state index in [1.807, 2.05) is 6.07 Å². The minimum absolute atomic E-state index is 0.754. The largest absolute Gasteiger partial charge is 0.490 e. The van der Waals surface area contributed by atoms with Gasteiger partial charge in [-0.15, -0.1) is 0 Å². The van der Waals surface area contributed by atoms with Crippen LogP contribution < -0.4 is 14.8 Å². The number of ether oxygens (including phenoxy) is 2. The Balaban J connectivity index is 1.48. The molecule has 3 nitrogen and oxygen atoms in total. The van der Waals surface area contributed by atoms with E-state index in [4.69, 9.17) is 9.47 Å². The summed E-state index contributed by atoms with van der Waals surface area (Å²) in [6.45, 7) is 5.94. The van der Waals surface area contributed by atoms with Crippen LogP contribution in [0.3, 0.4) is 0 Å². The number of nitrogens with one attached hydrogen (secondary N) is 1. The maximum atomic E-state index is 5.74. The molecule has 0 bridgehead atoms. The standard InChI is InChI=1S/C18H27NO2/c1-14-3-5-15(6-4-14)12-19-13-16-7-8-17-18(11-16)21-10-2-9-20-17/h7-8,11,14-15,19H,2-6,9-10,12-13H2,1H3. The summed E-state index contributed by atoms with van der Waals surface area (Å²) in [7, 11) is 0. The van der Waals surface area contributed by atoms with Gasteiger partial charge in [0.15, 0.2) is 11.5 Å². The van der Waals surface area contributed by atoms with E-state index in [2.05, 4.69) is 24.4 Å². The Kier molecular flexibility index (Phi) is 5.02. The first-order chi connectivity index (χ1) is 10.3. The van der Waals surface area contributed by atoms with Crippen molar-refractivity contribution >= 4 is 0 Å². The number of benzene rings is 1. The molecule has 0 radical (unpaired) electrons. The summed E-state index contributed by atoms with van der Waals surface area (Å²) in [5.41, 5.74) is 1.28. The van der Waals surface area contributed by atoms with Crippen molar-refractivity contribution in [3.05, 3.63) is 23.8 Å². The Bertz CT molecular complexity index is 453. The zero-order valence-corrected chi connectivity index (χ0v) is 13.1. The van der Waals surface area contributed by atoms with Crippen LogP contribution in [0.15, 0.2) is 18.2 Å². The molecule has 0 atom stereocenters. The van der Waals surface area contributed by atoms with Crippen molar-refractivity contribution in [3.8, 4) is 11.5 Å². The van der Waals surface area contributed by atoms with Crippen LogP contribution in [-0.4, -0.2) is 19.8 Å². The predicted molar refractivity (Wildman–Crippen MR) is 84.9 cm³/mol. The van der Waals surface area contributed by atoms with E-state index in [0.29, 0.717) is 0 Å². The fourth-order valence-corrected chi connectivity index (χ4v) is 3.27. The molecule has 1 aromatic rings. The molecule has 0 unspecified atom stereocenters. The van der Waals surface area contributed by atoms with Crippen molar-refractivity contribution in [2.24, 2.45) is 11.8 Å². The van der Waals surface area contributed by atoms with Gasteiger partial charge in [-0.25, -0.2) is 0 Å². The van der Waals surface area contributed by atoms with Crippen LogP contribution in [-0.2, 0) is 6.54 Å². The maximum absolute atomic E-state index is 5.74. The third kappa shape index (κ3) is 4.13. The zero-order chi connectivity index (χ0) is 14.5. The Hall–Kier alpha value is -1.22. The quantitative estimate of drug-likeness (QED) is 0.915. The van der Waals surface area contributed by atoms with E-state index >= 15 is 0 Å². The van der Waals surface area contributed by atoms with Crippen molar-refractivity contribution in [1.82, 2.24) is 5.32 Å². The van der Waals surface area contributed by atoms with Gasteiger partial charge in [-0.2, -0.15) is 0 Å². The van der Waals surface area contributed by atoms with E-state index in [1.54, 1.807) is 0 Å². The molecule has 1 aliphatic carbocycles. The zero-order valence-electron chi connectivity index (χ0n) is 13.1. The fourth-order valence-electron chi connectivity index (χ4n) is 3.27. The molecule has 1 N–H and O–H groups in total. The van der Waals surface area contributed by atoms with E-state index in [9.17, 15) is 0 Å². The van der Waals surface area contributed by atoms with Gasteiger partial charge in [0.2, 0.25) is 0 Å². The van der Waals surface area contributed by atoms with Gasteiger partial charge < -0.3 is 14.8 Å². The molecule has 0 aromatic heterocycles. The first-order valence-electron chi connectivity index (χ1n) is 8.40. The molecule has 0 saturated heterocycles. The molecule has 2 aliphatic rings. The number of hydrogen-bond donors (Lipinski definition) is 1. The van der Waals surface area contributed by atoms with Crippen molar-refractivity contribution in [3.63, 3.8) is 0 Å². The Morgan fingerprint density at radius 3 is 2.62 bits per heavy atom. The highest BCUT2D eigenvalue weighted by molar-refractivity contribution is 5.43. The second kappa shape index (κ2) is 7.17. The van der Waals surface area contributed by atoms with Gasteiger partial charge in [0, 0.05) is 13.0 Å². The molecule has 1 aromatic carbocycles. The van der Waals surface area contributed by atoms with Crippen LogP contribution in [0.1, 0.15) is 44.6 Å². The van der Waals surface area contributed by atoms with Crippen LogP contribution >= 0.6 is 0 Å². The van der Waals surface area contributed by atoms with E-state index in [0.717, 1.165) is 56.1 Å². The first-order valence-corrected chi connectivity index (χ1v) is 8.40. The van der Waals surface area contributed by atoms with Crippen LogP contribution in [0.2, 0.25) is 0 Å². The summed E-state index contributed by atoms with van der Waals surface area (Å²) >= 11 is 0. The van der Waals surface area contributed by atoms with Crippen LogP contribution in [0.5, 0.6) is 11.5 Å². The van der Waals surface area contributed by atoms with Crippen molar-refractivity contribution in [2.75, 3.05) is 19.8 Å². The SMILES string of the molecule is CC1CCC(CNCc2ccc3c(c2)OCCCO3)CC1. The van der Waals surface area contributed by atoms with Crippen LogP contribution in [0.25, 0.3) is 0 Å². The first kappa shape index (κ1) is 14.7. The van der Waals surface area contributed by atoms with Gasteiger partial charge in [0.25, 0.3) is 0 Å². The summed E-state index contributed by atoms with van der Waals surface area (Å²) in [6, 6.07) is 6.31. The molecule has 1 aliphatic heterocycles. The van der Waals surface area contributed by atoms with E-state index in [-0.39, 0.29) is 0 Å². The Morgan fingerprint density at radius 1 is 1.05 bits per heavy atom. The van der Waals surface area contributed by atoms with Gasteiger partial charge in [-0.05, 0) is 48.9 Å². The monoisotopic (exact) mass is 289 g/mol. The molecular formula is C18H27NO2. The van der Waals surface area contributed by atoms with Crippen molar-refractivity contribution in [2.45, 2.75) is 45.6 Å². The molecule has 116 valence electrons. The summed E-state index contributed by atoms with van der Waals surface area (Å²) in [5.74, 6) is 3.58. The van der Waals surface area contributed by atoms with E-state index < -0.39 is 0 Å². The molecular weight excluding hydrogens is 262 g/mol. The lowest BCUT2D eigenvalue weighted by Crippen LogP contribution is -2.25. The molecule has 0 spiro atoms. The van der Waals surface area contributed by atoms with Crippen molar-refractivity contribution < 1.29 is 9.47 Å². The van der Waals surface area contributed by atoms with Crippen molar-refractivity contribution in [1.29, 1.82) is 0 Å². The topological polar surface area (TPSA) is 30.5 Å². The van der Waals surface area contributed by atoms with Gasteiger partial charge >= 0.3 is 0 Å². The molecule has 1 heterocycles. The van der Waals surface area contributed by atoms with Gasteiger partial charge in [-0.1, -0.05) is 25.8 Å². The van der Waals surface area contributed by atoms with E-state index in [1.165, 1.54) is 31.2 Å². The summed E-state index contributed by atoms with van der Waals surface area (Å²) in [4.78, 5) is 0. The van der Waals surface area contributed by atoms with Crippen LogP contribution in [0, 0.1) is 11.8 Å². The third-order valence-corrected chi connectivity index (χ3v) is 4.71. The molecule has 1 fully saturated rings. The summed E-state index contributed by atoms with van der Waals surface area (Å²) < 4.78 is 11.4. The smallest absolute Gasteiger partial charge is 0.161 e. The molecule has 3 rings (SSSR count). The predicted octanol–water partition coefficient (Wildman–Crippen LogP) is 3.76. The molecule has 1 saturated carbocycles. The minimum atomic E-state index is 0.754. The normalized spacial score (nSPS) is 25.4. The molecule has 0 amide bonds. The highest BCUT2D eigenvalue weighted by Crippen LogP contribution is 2.31. The fraction of sp³-hybridized carbons (Fsp3) is 0.667. The summed E-state index contributed by atoms with van der Waals surface area (Å²) in [5, 5.41) is 3.61. The highest BCUT2D eigenvalue weighted by Gasteiger charge is 2.17.